The Morgan fingerprint density at radius 3 is 1.28 bits per heavy atom. The van der Waals surface area contributed by atoms with Gasteiger partial charge in [-0.05, 0) is 116 Å². The molecule has 17 nitrogen and oxygen atoms in total. The number of aliphatic imine (C=N–C) groups is 1. The Morgan fingerprint density at radius 1 is 0.684 bits per heavy atom. The maximum absolute atomic E-state index is 12.3. The first-order valence-electron chi connectivity index (χ1n) is 25.7. The summed E-state index contributed by atoms with van der Waals surface area (Å²) in [6.45, 7) is 50.5. The van der Waals surface area contributed by atoms with Gasteiger partial charge in [0.25, 0.3) is 6.02 Å². The fourth-order valence-corrected chi connectivity index (χ4v) is 5.48. The molecule has 3 heterocycles. The monoisotopic (exact) mass is 1660 g/mol. The number of ether oxygens (including phenoxy) is 8. The van der Waals surface area contributed by atoms with E-state index >= 15 is 0 Å². The first-order chi connectivity index (χ1) is 32.8. The van der Waals surface area contributed by atoms with E-state index in [2.05, 4.69) is 58.8 Å². The fraction of sp³-hybridized carbons (Fsp3) is 0.941. The molecule has 2 saturated heterocycles. The van der Waals surface area contributed by atoms with Crippen molar-refractivity contribution in [2.24, 2.45) is 16.5 Å². The predicted molar refractivity (Wildman–Crippen MR) is 317 cm³/mol. The number of carbonyl (C=O) groups is 2. The van der Waals surface area contributed by atoms with E-state index in [-0.39, 0.29) is 190 Å². The first kappa shape index (κ1) is 111. The predicted octanol–water partition coefficient (Wildman–Crippen LogP) is 11.9. The number of aliphatic hydroxyl groups is 2. The maximum Gasteiger partial charge on any atom is 0 e. The van der Waals surface area contributed by atoms with Gasteiger partial charge in [-0.3, -0.25) is 9.80 Å². The Bertz CT molecular complexity index is 1200. The van der Waals surface area contributed by atoms with Crippen LogP contribution in [-0.2, 0) is 178 Å². The number of halogens is 2. The molecule has 0 unspecified atom stereocenters. The Labute approximate surface area is 600 Å². The van der Waals surface area contributed by atoms with Gasteiger partial charge in [0.15, 0.2) is 0 Å². The molecule has 7 radical (unpaired) electrons. The summed E-state index contributed by atoms with van der Waals surface area (Å²) >= 11 is 4.74. The minimum Gasteiger partial charge on any atom is 0 e. The topological polar surface area (TPSA) is 219 Å². The Morgan fingerprint density at radius 2 is 1.00 bits per heavy atom. The Balaban J connectivity index is -0.0000000584. The molecule has 0 aromatic carbocycles. The Kier molecular flexibility index (Phi) is 107. The summed E-state index contributed by atoms with van der Waals surface area (Å²) in [6.07, 6.45) is 3.44. The molecule has 0 aromatic heterocycles. The van der Waals surface area contributed by atoms with Gasteiger partial charge in [-0.15, -0.1) is 0 Å². The second-order valence-corrected chi connectivity index (χ2v) is 28.9. The van der Waals surface area contributed by atoms with Gasteiger partial charge in [0, 0.05) is 192 Å². The molecule has 4 atom stereocenters. The van der Waals surface area contributed by atoms with Gasteiger partial charge in [-0.1, -0.05) is 83.1 Å². The fourth-order valence-electron chi connectivity index (χ4n) is 5.48. The van der Waals surface area contributed by atoms with Crippen molar-refractivity contribution >= 4 is 66.6 Å². The van der Waals surface area contributed by atoms with E-state index < -0.39 is 28.7 Å². The van der Waals surface area contributed by atoms with E-state index in [1.807, 2.05) is 145 Å². The first-order valence-corrected chi connectivity index (χ1v) is 34.7. The SMILES string of the molecule is C.CC.CC.CC.CC.CC(C)(C)OC(=O)N1[C@@H](CCO)COC1(C)C.CCC.CCOCC[C@H](N)CO.CCOCC[C@H]1COC(C)(C)N1C(=O)OC(C)(C)C.CCOCC[C@H]1COC(N)=N1.[B].[I][V][I].[Y].[Y].[Y].[Y]. The van der Waals surface area contributed by atoms with Crippen molar-refractivity contribution in [2.75, 3.05) is 72.7 Å². The quantitative estimate of drug-likeness (QED) is 0.0681. The van der Waals surface area contributed by atoms with Crippen LogP contribution in [0.4, 0.5) is 9.59 Å². The third kappa shape index (κ3) is 67.1. The van der Waals surface area contributed by atoms with Crippen LogP contribution in [0.2, 0.25) is 0 Å². The molecule has 25 heteroatoms. The standard InChI is InChI=1S/C14H27NO4.C12H23NO4.C7H14N2O2.C6H15NO2.C3H8.4C2H6.CH4.B.2HI.V.4Y/c1-7-17-9-8-11-10-18-14(5,6)15(11)12(16)19-13(2,3)4;1-11(2,3)17-10(15)13-9(6-7-14)8-16-12(13,4)5;1-2-10-4-3-6-5-11-7(8)9-6;1-2-9-4-3-6(7)5-8;1-3-2;4*1-2;;;;;;;;;/h11H,7-10H2,1-6H3;9,14H,6-8H2,1-5H3;6H,2-5H2,1H3,(H2,8,9);6,8H,2-5,7H2,1H3;3H2,1-2H3;4*1-2H3;1H4;;2*1H;;;;;/q;;;;;;;;;;;;;+2;;;;/p-2/t11-;9-;2*6-;;;;;;;;;;;;;;/m0000............../s1. The molecule has 0 aliphatic carbocycles. The van der Waals surface area contributed by atoms with Crippen LogP contribution in [0.25, 0.3) is 0 Å². The second kappa shape index (κ2) is 73.3. The molecule has 3 rings (SSSR count). The van der Waals surface area contributed by atoms with Gasteiger partial charge in [0.1, 0.15) is 29.3 Å². The van der Waals surface area contributed by atoms with Crippen LogP contribution in [0, 0.1) is 0 Å². The summed E-state index contributed by atoms with van der Waals surface area (Å²) in [7, 11) is 0.628. The van der Waals surface area contributed by atoms with E-state index in [1.54, 1.807) is 9.80 Å². The summed E-state index contributed by atoms with van der Waals surface area (Å²) in [6, 6.07) is 0.297. The van der Waals surface area contributed by atoms with Crippen LogP contribution < -0.4 is 11.5 Å². The molecule has 450 valence electrons. The summed E-state index contributed by atoms with van der Waals surface area (Å²) in [5.41, 5.74) is 8.37. The van der Waals surface area contributed by atoms with Crippen LogP contribution in [0.3, 0.4) is 0 Å². The molecular weight excluding hydrogens is 1550 g/mol. The number of aliphatic hydroxyl groups excluding tert-OH is 2. The number of amides is 2. The number of nitrogens with two attached hydrogens (primary N) is 2. The molecule has 0 spiro atoms. The largest absolute Gasteiger partial charge is 0 e. The average molecular weight is 1660 g/mol. The average Bonchev–Trinajstić information content (AvgIpc) is 3.96. The van der Waals surface area contributed by atoms with Crippen molar-refractivity contribution in [1.29, 1.82) is 0 Å². The number of amidine groups is 1. The van der Waals surface area contributed by atoms with E-state index in [1.165, 1.54) is 6.42 Å². The van der Waals surface area contributed by atoms with Crippen LogP contribution >= 0.6 is 40.0 Å². The van der Waals surface area contributed by atoms with E-state index in [4.69, 9.17) is 59.6 Å². The third-order valence-corrected chi connectivity index (χ3v) is 8.20. The van der Waals surface area contributed by atoms with Crippen molar-refractivity contribution in [2.45, 2.75) is 246 Å². The van der Waals surface area contributed by atoms with Crippen LogP contribution in [0.1, 0.15) is 199 Å². The van der Waals surface area contributed by atoms with E-state index in [0.717, 1.165) is 39.1 Å². The van der Waals surface area contributed by atoms with Crippen LogP contribution in [0.15, 0.2) is 4.99 Å². The molecule has 6 N–H and O–H groups in total. The zero-order valence-electron chi connectivity index (χ0n) is 51.7. The number of carbonyl (C=O) groups excluding carboxylic acids is 2. The second-order valence-electron chi connectivity index (χ2n) is 17.1. The summed E-state index contributed by atoms with van der Waals surface area (Å²) in [5.74, 6) is 0. The van der Waals surface area contributed by atoms with E-state index in [9.17, 15) is 9.59 Å². The van der Waals surface area contributed by atoms with Gasteiger partial charge < -0.3 is 59.6 Å². The normalized spacial score (nSPS) is 16.7. The van der Waals surface area contributed by atoms with Gasteiger partial charge in [0.05, 0.1) is 37.9 Å². The van der Waals surface area contributed by atoms with Crippen molar-refractivity contribution in [1.82, 2.24) is 9.80 Å². The number of rotatable bonds is 15. The molecule has 2 amide bonds. The minimum atomic E-state index is -0.678. The molecule has 2 fully saturated rings. The summed E-state index contributed by atoms with van der Waals surface area (Å²) in [4.78, 5) is 31.7. The minimum absolute atomic E-state index is 0. The van der Waals surface area contributed by atoms with Crippen molar-refractivity contribution < 1.29 is 198 Å². The van der Waals surface area contributed by atoms with Gasteiger partial charge in [0.2, 0.25) is 0 Å². The maximum atomic E-state index is 12.3. The molecule has 3 aliphatic heterocycles. The number of hydrogen-bond donors (Lipinski definition) is 4. The smallest absolute Gasteiger partial charge is 0 e. The Hall–Kier alpha value is 4.01. The summed E-state index contributed by atoms with van der Waals surface area (Å²) < 4.78 is 42.6. The zero-order valence-corrected chi connectivity index (χ0v) is 68.8. The molecule has 0 aromatic rings. The van der Waals surface area contributed by atoms with Crippen LogP contribution in [-0.4, -0.2) is 166 Å². The van der Waals surface area contributed by atoms with Gasteiger partial charge in [-0.2, -0.15) is 0 Å². The molecular formula is C51H115BI2N5O12VY4. The van der Waals surface area contributed by atoms with Crippen LogP contribution in [0.5, 0.6) is 0 Å². The van der Waals surface area contributed by atoms with Crippen molar-refractivity contribution in [3.8, 4) is 0 Å². The zero-order chi connectivity index (χ0) is 56.6. The third-order valence-electron chi connectivity index (χ3n) is 8.20. The molecule has 76 heavy (non-hydrogen) atoms. The number of nitrogens with zero attached hydrogens (tertiary/aromatic N) is 3. The molecule has 0 bridgehead atoms. The molecule has 0 saturated carbocycles. The van der Waals surface area contributed by atoms with Gasteiger partial charge in [-0.25, -0.2) is 14.6 Å². The van der Waals surface area contributed by atoms with E-state index in [0.29, 0.717) is 61.5 Å². The molecule has 3 aliphatic rings. The van der Waals surface area contributed by atoms with Crippen molar-refractivity contribution in [3.05, 3.63) is 0 Å². The summed E-state index contributed by atoms with van der Waals surface area (Å²) in [5, 5.41) is 17.4. The van der Waals surface area contributed by atoms with Gasteiger partial charge >= 0.3 is 61.6 Å². The van der Waals surface area contributed by atoms with Crippen molar-refractivity contribution in [3.63, 3.8) is 0 Å². The number of hydrogen-bond acceptors (Lipinski definition) is 15.